The topological polar surface area (TPSA) is 95.7 Å². The molecule has 0 radical (unpaired) electrons. The fourth-order valence-electron chi connectivity index (χ4n) is 1.42. The monoisotopic (exact) mass is 295 g/mol. The molecule has 0 aliphatic carbocycles. The molecule has 0 aromatic heterocycles. The van der Waals surface area contributed by atoms with E-state index in [-0.39, 0.29) is 22.7 Å². The molecule has 0 N–H and O–H groups in total. The van der Waals surface area contributed by atoms with Crippen molar-refractivity contribution in [1.82, 2.24) is 0 Å². The van der Waals surface area contributed by atoms with Crippen LogP contribution in [0, 0.1) is 10.1 Å². The van der Waals surface area contributed by atoms with Crippen LogP contribution in [0.25, 0.3) is 0 Å². The van der Waals surface area contributed by atoms with E-state index in [0.29, 0.717) is 0 Å². The fraction of sp³-hybridized carbons (Fsp3) is 0.333. The van der Waals surface area contributed by atoms with Gasteiger partial charge in [-0.2, -0.15) is 0 Å². The second-order valence-corrected chi connectivity index (χ2v) is 6.07. The minimum absolute atomic E-state index is 0.0711. The van der Waals surface area contributed by atoms with Crippen molar-refractivity contribution in [1.29, 1.82) is 0 Å². The second-order valence-electron chi connectivity index (χ2n) is 3.29. The third-order valence-corrected chi connectivity index (χ3v) is 3.06. The van der Waals surface area contributed by atoms with Gasteiger partial charge in [-0.1, -0.05) is 0 Å². The maximum Gasteiger partial charge on any atom is 0.315 e. The Labute approximate surface area is 108 Å². The quantitative estimate of drug-likeness (QED) is 0.466. The van der Waals surface area contributed by atoms with Gasteiger partial charge in [0.15, 0.2) is 5.75 Å². The normalized spacial score (nSPS) is 11.1. The van der Waals surface area contributed by atoms with Crippen LogP contribution >= 0.6 is 10.7 Å². The number of hydrogen-bond donors (Lipinski definition) is 0. The van der Waals surface area contributed by atoms with E-state index in [1.165, 1.54) is 20.3 Å². The zero-order valence-corrected chi connectivity index (χ0v) is 11.1. The van der Waals surface area contributed by atoms with E-state index in [1.54, 1.807) is 0 Å². The lowest BCUT2D eigenvalue weighted by molar-refractivity contribution is -0.385. The van der Waals surface area contributed by atoms with Crippen molar-refractivity contribution in [3.63, 3.8) is 0 Å². The van der Waals surface area contributed by atoms with Gasteiger partial charge < -0.3 is 9.47 Å². The van der Waals surface area contributed by atoms with Gasteiger partial charge in [-0.05, 0) is 11.6 Å². The standard InChI is InChI=1S/C9H10ClNO6S/c1-16-8-4-6(5-18(10,14)15)3-7(11(12)13)9(8)17-2/h3-4H,5H2,1-2H3. The highest BCUT2D eigenvalue weighted by Crippen LogP contribution is 2.38. The first-order chi connectivity index (χ1) is 8.28. The first-order valence-electron chi connectivity index (χ1n) is 4.60. The SMILES string of the molecule is COc1cc(CS(=O)(=O)Cl)cc([N+](=O)[O-])c1OC. The fourth-order valence-corrected chi connectivity index (χ4v) is 2.36. The number of ether oxygens (including phenoxy) is 2. The summed E-state index contributed by atoms with van der Waals surface area (Å²) in [4.78, 5) is 10.2. The van der Waals surface area contributed by atoms with Crippen molar-refractivity contribution in [2.45, 2.75) is 5.75 Å². The summed E-state index contributed by atoms with van der Waals surface area (Å²) in [6, 6.07) is 2.41. The number of methoxy groups -OCH3 is 2. The summed E-state index contributed by atoms with van der Waals surface area (Å²) in [7, 11) is 3.83. The minimum Gasteiger partial charge on any atom is -0.493 e. The zero-order valence-electron chi connectivity index (χ0n) is 9.54. The molecule has 1 rings (SSSR count). The minimum atomic E-state index is -3.81. The summed E-state index contributed by atoms with van der Waals surface area (Å²) in [5, 5.41) is 10.9. The van der Waals surface area contributed by atoms with Crippen molar-refractivity contribution >= 4 is 25.4 Å². The molecule has 0 saturated carbocycles. The lowest BCUT2D eigenvalue weighted by Crippen LogP contribution is -2.01. The lowest BCUT2D eigenvalue weighted by Gasteiger charge is -2.09. The van der Waals surface area contributed by atoms with Crippen LogP contribution in [-0.2, 0) is 14.8 Å². The Bertz CT molecular complexity index is 571. The van der Waals surface area contributed by atoms with E-state index in [1.807, 2.05) is 0 Å². The maximum absolute atomic E-state index is 11.0. The Morgan fingerprint density at radius 3 is 2.33 bits per heavy atom. The number of halogens is 1. The summed E-state index contributed by atoms with van der Waals surface area (Å²) in [5.74, 6) is -0.532. The van der Waals surface area contributed by atoms with Gasteiger partial charge in [0.2, 0.25) is 14.8 Å². The molecule has 0 fully saturated rings. The predicted octanol–water partition coefficient (Wildman–Crippen LogP) is 1.68. The van der Waals surface area contributed by atoms with Crippen LogP contribution < -0.4 is 9.47 Å². The van der Waals surface area contributed by atoms with Gasteiger partial charge in [-0.3, -0.25) is 10.1 Å². The summed E-state index contributed by atoms with van der Waals surface area (Å²) < 4.78 is 31.7. The van der Waals surface area contributed by atoms with Crippen LogP contribution in [-0.4, -0.2) is 27.6 Å². The van der Waals surface area contributed by atoms with Crippen LogP contribution in [0.1, 0.15) is 5.56 Å². The second kappa shape index (κ2) is 5.40. The van der Waals surface area contributed by atoms with Crippen LogP contribution in [0.5, 0.6) is 11.5 Å². The molecule has 0 unspecified atom stereocenters. The highest BCUT2D eigenvalue weighted by Gasteiger charge is 2.23. The Kier molecular flexibility index (Phi) is 4.36. The molecule has 100 valence electrons. The summed E-state index contributed by atoms with van der Waals surface area (Å²) in [6.07, 6.45) is 0. The third-order valence-electron chi connectivity index (χ3n) is 2.05. The first kappa shape index (κ1) is 14.5. The predicted molar refractivity (Wildman–Crippen MR) is 64.7 cm³/mol. The van der Waals surface area contributed by atoms with Crippen molar-refractivity contribution in [3.8, 4) is 11.5 Å². The molecule has 1 aromatic rings. The van der Waals surface area contributed by atoms with Crippen molar-refractivity contribution in [2.75, 3.05) is 14.2 Å². The van der Waals surface area contributed by atoms with E-state index < -0.39 is 19.7 Å². The van der Waals surface area contributed by atoms with E-state index >= 15 is 0 Å². The average Bonchev–Trinajstić information content (AvgIpc) is 2.25. The molecule has 0 spiro atoms. The van der Waals surface area contributed by atoms with Gasteiger partial charge in [0.1, 0.15) is 0 Å². The van der Waals surface area contributed by atoms with Gasteiger partial charge in [-0.25, -0.2) is 8.42 Å². The molecular formula is C9H10ClNO6S. The van der Waals surface area contributed by atoms with E-state index in [4.69, 9.17) is 20.2 Å². The number of benzene rings is 1. The molecular weight excluding hydrogens is 286 g/mol. The number of nitrogens with zero attached hydrogens (tertiary/aromatic N) is 1. The molecule has 7 nitrogen and oxygen atoms in total. The molecule has 1 aromatic carbocycles. The van der Waals surface area contributed by atoms with Gasteiger partial charge in [-0.15, -0.1) is 0 Å². The van der Waals surface area contributed by atoms with Gasteiger partial charge >= 0.3 is 5.69 Å². The smallest absolute Gasteiger partial charge is 0.315 e. The highest BCUT2D eigenvalue weighted by molar-refractivity contribution is 8.13. The Hall–Kier alpha value is -1.54. The van der Waals surface area contributed by atoms with Crippen LogP contribution in [0.3, 0.4) is 0 Å². The Morgan fingerprint density at radius 2 is 1.94 bits per heavy atom. The number of rotatable bonds is 5. The number of nitro groups is 1. The Balaban J connectivity index is 3.41. The summed E-state index contributed by atoms with van der Waals surface area (Å²) in [6.45, 7) is 0. The average molecular weight is 296 g/mol. The highest BCUT2D eigenvalue weighted by atomic mass is 35.7. The van der Waals surface area contributed by atoms with E-state index in [0.717, 1.165) is 6.07 Å². The van der Waals surface area contributed by atoms with E-state index in [2.05, 4.69) is 0 Å². The van der Waals surface area contributed by atoms with Crippen molar-refractivity contribution < 1.29 is 22.8 Å². The van der Waals surface area contributed by atoms with Crippen molar-refractivity contribution in [2.24, 2.45) is 0 Å². The molecule has 0 amide bonds. The molecule has 0 aliphatic rings. The van der Waals surface area contributed by atoms with Gasteiger partial charge in [0, 0.05) is 16.7 Å². The summed E-state index contributed by atoms with van der Waals surface area (Å²) >= 11 is 0. The third kappa shape index (κ3) is 3.47. The summed E-state index contributed by atoms with van der Waals surface area (Å²) in [5.41, 5.74) is -0.235. The molecule has 0 aliphatic heterocycles. The number of hydrogen-bond acceptors (Lipinski definition) is 6. The van der Waals surface area contributed by atoms with Crippen LogP contribution in [0.15, 0.2) is 12.1 Å². The molecule has 0 atom stereocenters. The van der Waals surface area contributed by atoms with Crippen LogP contribution in [0.2, 0.25) is 0 Å². The van der Waals surface area contributed by atoms with E-state index in [9.17, 15) is 18.5 Å². The zero-order chi connectivity index (χ0) is 13.9. The molecule has 0 saturated heterocycles. The first-order valence-corrected chi connectivity index (χ1v) is 7.08. The van der Waals surface area contributed by atoms with Crippen molar-refractivity contribution in [3.05, 3.63) is 27.8 Å². The lowest BCUT2D eigenvalue weighted by atomic mass is 10.2. The van der Waals surface area contributed by atoms with Gasteiger partial charge in [0.25, 0.3) is 0 Å². The van der Waals surface area contributed by atoms with Crippen LogP contribution in [0.4, 0.5) is 5.69 Å². The maximum atomic E-state index is 11.0. The largest absolute Gasteiger partial charge is 0.493 e. The molecule has 18 heavy (non-hydrogen) atoms. The molecule has 9 heteroatoms. The molecule has 0 heterocycles. The number of nitro benzene ring substituents is 1. The Morgan fingerprint density at radius 1 is 1.33 bits per heavy atom. The van der Waals surface area contributed by atoms with Gasteiger partial charge in [0.05, 0.1) is 24.9 Å². The molecule has 0 bridgehead atoms.